The summed E-state index contributed by atoms with van der Waals surface area (Å²) in [5, 5.41) is 12.2. The minimum absolute atomic E-state index is 0.114. The van der Waals surface area contributed by atoms with Crippen LogP contribution in [0.15, 0.2) is 0 Å². The molecule has 1 aliphatic carbocycles. The van der Waals surface area contributed by atoms with Crippen molar-refractivity contribution in [3.05, 3.63) is 0 Å². The topological polar surface area (TPSA) is 52.6 Å². The van der Waals surface area contributed by atoms with Crippen molar-refractivity contribution in [2.45, 2.75) is 58.4 Å². The van der Waals surface area contributed by atoms with Gasteiger partial charge in [0.1, 0.15) is 0 Å². The molecule has 0 aromatic rings. The van der Waals surface area contributed by atoms with Crippen LogP contribution in [0.4, 0.5) is 0 Å². The number of hydrogen-bond donors (Lipinski definition) is 2. The van der Waals surface area contributed by atoms with Crippen molar-refractivity contribution >= 4 is 5.91 Å². The first-order valence-corrected chi connectivity index (χ1v) is 7.80. The smallest absolute Gasteiger partial charge is 0.234 e. The fourth-order valence-corrected chi connectivity index (χ4v) is 2.78. The van der Waals surface area contributed by atoms with Crippen LogP contribution in [-0.2, 0) is 4.79 Å². The van der Waals surface area contributed by atoms with E-state index in [1.165, 1.54) is 19.3 Å². The molecule has 0 aliphatic heterocycles. The van der Waals surface area contributed by atoms with Crippen LogP contribution in [0.25, 0.3) is 0 Å². The maximum Gasteiger partial charge on any atom is 0.234 e. The fraction of sp³-hybridized carbons (Fsp3) is 0.933. The van der Waals surface area contributed by atoms with Crippen LogP contribution >= 0.6 is 0 Å². The van der Waals surface area contributed by atoms with Gasteiger partial charge in [-0.1, -0.05) is 33.1 Å². The van der Waals surface area contributed by atoms with Crippen molar-refractivity contribution < 1.29 is 9.90 Å². The first-order chi connectivity index (χ1) is 9.17. The normalized spacial score (nSPS) is 23.6. The Kier molecular flexibility index (Phi) is 8.07. The van der Waals surface area contributed by atoms with Crippen molar-refractivity contribution in [2.75, 3.05) is 26.2 Å². The molecule has 112 valence electrons. The van der Waals surface area contributed by atoms with Crippen molar-refractivity contribution in [2.24, 2.45) is 5.92 Å². The molecular weight excluding hydrogens is 240 g/mol. The molecule has 4 nitrogen and oxygen atoms in total. The fourth-order valence-electron chi connectivity index (χ4n) is 2.78. The molecule has 2 atom stereocenters. The van der Waals surface area contributed by atoms with Gasteiger partial charge in [0, 0.05) is 12.6 Å². The van der Waals surface area contributed by atoms with Gasteiger partial charge in [-0.05, 0) is 31.7 Å². The second kappa shape index (κ2) is 9.32. The molecule has 1 aliphatic rings. The Labute approximate surface area is 117 Å². The van der Waals surface area contributed by atoms with Crippen LogP contribution in [0, 0.1) is 5.92 Å². The lowest BCUT2D eigenvalue weighted by molar-refractivity contribution is -0.123. The zero-order valence-corrected chi connectivity index (χ0v) is 12.5. The highest BCUT2D eigenvalue weighted by atomic mass is 16.3. The number of aliphatic hydroxyl groups is 1. The highest BCUT2D eigenvalue weighted by Gasteiger charge is 2.23. The van der Waals surface area contributed by atoms with E-state index in [9.17, 15) is 4.79 Å². The van der Waals surface area contributed by atoms with E-state index >= 15 is 0 Å². The van der Waals surface area contributed by atoms with E-state index in [4.69, 9.17) is 5.11 Å². The molecule has 0 aromatic carbocycles. The Morgan fingerprint density at radius 1 is 1.32 bits per heavy atom. The van der Waals surface area contributed by atoms with Crippen LogP contribution in [0.3, 0.4) is 0 Å². The van der Waals surface area contributed by atoms with Gasteiger partial charge in [-0.3, -0.25) is 9.69 Å². The Balaban J connectivity index is 2.33. The number of amides is 1. The minimum Gasteiger partial charge on any atom is -0.395 e. The number of carbonyl (C=O) groups excluding carboxylic acids is 1. The van der Waals surface area contributed by atoms with Gasteiger partial charge < -0.3 is 10.4 Å². The molecule has 1 rings (SSSR count). The number of nitrogens with one attached hydrogen (secondary N) is 1. The highest BCUT2D eigenvalue weighted by Crippen LogP contribution is 2.23. The molecule has 0 spiro atoms. The molecule has 1 amide bonds. The van der Waals surface area contributed by atoms with E-state index in [1.54, 1.807) is 0 Å². The number of rotatable bonds is 8. The summed E-state index contributed by atoms with van der Waals surface area (Å²) < 4.78 is 0. The summed E-state index contributed by atoms with van der Waals surface area (Å²) in [6.45, 7) is 6.40. The van der Waals surface area contributed by atoms with Gasteiger partial charge in [0.2, 0.25) is 5.91 Å². The van der Waals surface area contributed by atoms with Crippen LogP contribution in [-0.4, -0.2) is 48.2 Å². The zero-order chi connectivity index (χ0) is 14.1. The first-order valence-electron chi connectivity index (χ1n) is 7.80. The second-order valence-electron chi connectivity index (χ2n) is 5.79. The average Bonchev–Trinajstić information content (AvgIpc) is 2.39. The largest absolute Gasteiger partial charge is 0.395 e. The van der Waals surface area contributed by atoms with Crippen molar-refractivity contribution in [1.82, 2.24) is 10.2 Å². The molecule has 2 unspecified atom stereocenters. The maximum absolute atomic E-state index is 12.1. The first kappa shape index (κ1) is 16.4. The molecule has 2 N–H and O–H groups in total. The summed E-state index contributed by atoms with van der Waals surface area (Å²) in [4.78, 5) is 14.1. The Hall–Kier alpha value is -0.610. The van der Waals surface area contributed by atoms with Gasteiger partial charge in [0.25, 0.3) is 0 Å². The number of aliphatic hydroxyl groups excluding tert-OH is 1. The summed E-state index contributed by atoms with van der Waals surface area (Å²) in [5.41, 5.74) is 0. The van der Waals surface area contributed by atoms with Crippen LogP contribution in [0.2, 0.25) is 0 Å². The second-order valence-corrected chi connectivity index (χ2v) is 5.79. The average molecular weight is 270 g/mol. The Bertz CT molecular complexity index is 259. The molecule has 1 saturated carbocycles. The van der Waals surface area contributed by atoms with Crippen molar-refractivity contribution in [3.8, 4) is 0 Å². The van der Waals surface area contributed by atoms with Gasteiger partial charge in [-0.25, -0.2) is 0 Å². The van der Waals surface area contributed by atoms with Gasteiger partial charge in [0.15, 0.2) is 0 Å². The summed E-state index contributed by atoms with van der Waals surface area (Å²) in [6, 6.07) is 0.350. The minimum atomic E-state index is 0.114. The summed E-state index contributed by atoms with van der Waals surface area (Å²) >= 11 is 0. The lowest BCUT2D eigenvalue weighted by atomic mass is 9.86. The molecule has 0 bridgehead atoms. The van der Waals surface area contributed by atoms with E-state index in [1.807, 2.05) is 4.90 Å². The van der Waals surface area contributed by atoms with Gasteiger partial charge in [-0.15, -0.1) is 0 Å². The van der Waals surface area contributed by atoms with E-state index in [0.29, 0.717) is 25.0 Å². The van der Waals surface area contributed by atoms with E-state index < -0.39 is 0 Å². The SMILES string of the molecule is CCCCN(CCO)CC(=O)NC1CCCCC1C. The summed E-state index contributed by atoms with van der Waals surface area (Å²) in [5.74, 6) is 0.711. The van der Waals surface area contributed by atoms with Crippen molar-refractivity contribution in [1.29, 1.82) is 0 Å². The standard InChI is InChI=1S/C15H30N2O2/c1-3-4-9-17(10-11-18)12-15(19)16-14-8-6-5-7-13(14)2/h13-14,18H,3-12H2,1-2H3,(H,16,19). The molecule has 19 heavy (non-hydrogen) atoms. The van der Waals surface area contributed by atoms with Crippen LogP contribution < -0.4 is 5.32 Å². The highest BCUT2D eigenvalue weighted by molar-refractivity contribution is 5.78. The van der Waals surface area contributed by atoms with Crippen molar-refractivity contribution in [3.63, 3.8) is 0 Å². The third kappa shape index (κ3) is 6.39. The molecule has 0 aromatic heterocycles. The number of unbranched alkanes of at least 4 members (excludes halogenated alkanes) is 1. The number of carbonyl (C=O) groups is 1. The van der Waals surface area contributed by atoms with Crippen LogP contribution in [0.1, 0.15) is 52.4 Å². The Morgan fingerprint density at radius 2 is 2.05 bits per heavy atom. The lowest BCUT2D eigenvalue weighted by Gasteiger charge is -2.30. The molecule has 1 fully saturated rings. The predicted octanol–water partition coefficient (Wildman–Crippen LogP) is 1.78. The number of nitrogens with zero attached hydrogens (tertiary/aromatic N) is 1. The quantitative estimate of drug-likeness (QED) is 0.707. The number of hydrogen-bond acceptors (Lipinski definition) is 3. The third-order valence-corrected chi connectivity index (χ3v) is 4.07. The van der Waals surface area contributed by atoms with E-state index in [2.05, 4.69) is 19.2 Å². The zero-order valence-electron chi connectivity index (χ0n) is 12.5. The lowest BCUT2D eigenvalue weighted by Crippen LogP contribution is -2.46. The molecular formula is C15H30N2O2. The van der Waals surface area contributed by atoms with Crippen LogP contribution in [0.5, 0.6) is 0 Å². The monoisotopic (exact) mass is 270 g/mol. The van der Waals surface area contributed by atoms with E-state index in [-0.39, 0.29) is 12.5 Å². The van der Waals surface area contributed by atoms with Gasteiger partial charge in [-0.2, -0.15) is 0 Å². The predicted molar refractivity (Wildman–Crippen MR) is 78.0 cm³/mol. The summed E-state index contributed by atoms with van der Waals surface area (Å²) in [6.07, 6.45) is 7.05. The molecule has 0 saturated heterocycles. The maximum atomic E-state index is 12.1. The molecule has 4 heteroatoms. The third-order valence-electron chi connectivity index (χ3n) is 4.07. The van der Waals surface area contributed by atoms with E-state index in [0.717, 1.165) is 25.8 Å². The van der Waals surface area contributed by atoms with Gasteiger partial charge in [0.05, 0.1) is 13.2 Å². The Morgan fingerprint density at radius 3 is 2.68 bits per heavy atom. The van der Waals surface area contributed by atoms with Gasteiger partial charge >= 0.3 is 0 Å². The summed E-state index contributed by atoms with van der Waals surface area (Å²) in [7, 11) is 0. The molecule has 0 heterocycles. The molecule has 0 radical (unpaired) electrons.